The van der Waals surface area contributed by atoms with Gasteiger partial charge in [-0.25, -0.2) is 0 Å². The van der Waals surface area contributed by atoms with E-state index in [1.807, 2.05) is 47.4 Å². The third kappa shape index (κ3) is 2.47. The van der Waals surface area contributed by atoms with Gasteiger partial charge < -0.3 is 9.88 Å². The molecule has 0 unspecified atom stereocenters. The van der Waals surface area contributed by atoms with E-state index >= 15 is 0 Å². The van der Waals surface area contributed by atoms with Crippen LogP contribution in [0.3, 0.4) is 0 Å². The molecule has 0 bridgehead atoms. The van der Waals surface area contributed by atoms with Crippen LogP contribution in [0.1, 0.15) is 38.8 Å². The second-order valence-corrected chi connectivity index (χ2v) is 7.12. The maximum Gasteiger partial charge on any atom is 0.255 e. The van der Waals surface area contributed by atoms with E-state index in [1.54, 1.807) is 0 Å². The molecule has 0 fully saturated rings. The molecule has 3 aromatic carbocycles. The van der Waals surface area contributed by atoms with Gasteiger partial charge in [0.2, 0.25) is 0 Å². The first kappa shape index (κ1) is 15.9. The first-order chi connectivity index (χ1) is 13.2. The molecule has 5 rings (SSSR count). The zero-order valence-corrected chi connectivity index (χ0v) is 15.1. The molecule has 3 nitrogen and oxygen atoms in total. The van der Waals surface area contributed by atoms with E-state index in [-0.39, 0.29) is 11.9 Å². The number of rotatable bonds is 3. The van der Waals surface area contributed by atoms with Gasteiger partial charge in [-0.05, 0) is 30.2 Å². The molecule has 3 heteroatoms. The Morgan fingerprint density at radius 3 is 2.44 bits per heavy atom. The monoisotopic (exact) mass is 352 g/mol. The van der Waals surface area contributed by atoms with Gasteiger partial charge in [0.25, 0.3) is 5.91 Å². The number of fused-ring (bicyclic) bond motifs is 2. The second kappa shape index (κ2) is 6.13. The van der Waals surface area contributed by atoms with Gasteiger partial charge in [0.15, 0.2) is 0 Å². The van der Waals surface area contributed by atoms with Crippen molar-refractivity contribution in [1.29, 1.82) is 0 Å². The predicted octanol–water partition coefficient (Wildman–Crippen LogP) is 5.22. The number of amides is 1. The Labute approximate surface area is 158 Å². The number of carbonyl (C=O) groups is 1. The van der Waals surface area contributed by atoms with Gasteiger partial charge in [-0.2, -0.15) is 0 Å². The molecule has 1 amide bonds. The maximum absolute atomic E-state index is 13.3. The quantitative estimate of drug-likeness (QED) is 0.539. The minimum atomic E-state index is -0.0787. The number of hydrogen-bond donors (Lipinski definition) is 1. The SMILES string of the molecule is Cc1[nH]c2ccccc2c1[C@H]1c2ccccc2C(=O)N1Cc1ccccc1. The fourth-order valence-corrected chi connectivity index (χ4v) is 4.28. The summed E-state index contributed by atoms with van der Waals surface area (Å²) in [5.74, 6) is 0.101. The summed E-state index contributed by atoms with van der Waals surface area (Å²) >= 11 is 0. The van der Waals surface area contributed by atoms with Crippen molar-refractivity contribution < 1.29 is 4.79 Å². The number of aromatic amines is 1. The molecule has 1 N–H and O–H groups in total. The molecule has 1 aromatic heterocycles. The zero-order valence-electron chi connectivity index (χ0n) is 15.1. The minimum absolute atomic E-state index is 0.0787. The molecular formula is C24H20N2O. The lowest BCUT2D eigenvalue weighted by atomic mass is 9.95. The van der Waals surface area contributed by atoms with Gasteiger partial charge in [0.05, 0.1) is 6.04 Å². The van der Waals surface area contributed by atoms with E-state index in [0.717, 1.165) is 27.9 Å². The van der Waals surface area contributed by atoms with Crippen LogP contribution < -0.4 is 0 Å². The molecule has 0 radical (unpaired) electrons. The largest absolute Gasteiger partial charge is 0.358 e. The van der Waals surface area contributed by atoms with Crippen LogP contribution in [0, 0.1) is 6.92 Å². The number of nitrogens with zero attached hydrogens (tertiary/aromatic N) is 1. The first-order valence-corrected chi connectivity index (χ1v) is 9.25. The van der Waals surface area contributed by atoms with Crippen molar-refractivity contribution in [3.63, 3.8) is 0 Å². The average Bonchev–Trinajstić information content (AvgIpc) is 3.17. The highest BCUT2D eigenvalue weighted by molar-refractivity contribution is 6.01. The molecule has 1 aliphatic heterocycles. The van der Waals surface area contributed by atoms with Crippen LogP contribution in [0.15, 0.2) is 78.9 Å². The lowest BCUT2D eigenvalue weighted by Crippen LogP contribution is -2.28. The highest BCUT2D eigenvalue weighted by Gasteiger charge is 2.39. The van der Waals surface area contributed by atoms with Crippen molar-refractivity contribution in [2.75, 3.05) is 0 Å². The van der Waals surface area contributed by atoms with E-state index in [1.165, 1.54) is 10.9 Å². The van der Waals surface area contributed by atoms with E-state index in [9.17, 15) is 4.79 Å². The topological polar surface area (TPSA) is 36.1 Å². The second-order valence-electron chi connectivity index (χ2n) is 7.12. The van der Waals surface area contributed by atoms with Gasteiger partial charge in [-0.15, -0.1) is 0 Å². The van der Waals surface area contributed by atoms with Crippen molar-refractivity contribution in [3.05, 3.63) is 107 Å². The van der Waals surface area contributed by atoms with Crippen LogP contribution in [-0.2, 0) is 6.54 Å². The molecule has 0 spiro atoms. The van der Waals surface area contributed by atoms with E-state index in [0.29, 0.717) is 6.54 Å². The fourth-order valence-electron chi connectivity index (χ4n) is 4.28. The van der Waals surface area contributed by atoms with Crippen LogP contribution in [0.25, 0.3) is 10.9 Å². The average molecular weight is 352 g/mol. The summed E-state index contributed by atoms with van der Waals surface area (Å²) in [7, 11) is 0. The number of para-hydroxylation sites is 1. The van der Waals surface area contributed by atoms with Gasteiger partial charge in [-0.3, -0.25) is 4.79 Å². The lowest BCUT2D eigenvalue weighted by Gasteiger charge is -2.26. The molecule has 0 saturated heterocycles. The third-order valence-electron chi connectivity index (χ3n) is 5.47. The maximum atomic E-state index is 13.3. The number of aryl methyl sites for hydroxylation is 1. The Kier molecular flexibility index (Phi) is 3.61. The number of H-pyrrole nitrogens is 1. The zero-order chi connectivity index (χ0) is 18.4. The summed E-state index contributed by atoms with van der Waals surface area (Å²) in [4.78, 5) is 18.8. The molecule has 1 aliphatic rings. The molecule has 132 valence electrons. The molecule has 27 heavy (non-hydrogen) atoms. The Morgan fingerprint density at radius 1 is 0.889 bits per heavy atom. The van der Waals surface area contributed by atoms with Crippen LogP contribution in [0.2, 0.25) is 0 Å². The highest BCUT2D eigenvalue weighted by atomic mass is 16.2. The van der Waals surface area contributed by atoms with E-state index in [4.69, 9.17) is 0 Å². The number of carbonyl (C=O) groups excluding carboxylic acids is 1. The van der Waals surface area contributed by atoms with Crippen molar-refractivity contribution in [3.8, 4) is 0 Å². The summed E-state index contributed by atoms with van der Waals surface area (Å²) < 4.78 is 0. The smallest absolute Gasteiger partial charge is 0.255 e. The van der Waals surface area contributed by atoms with Crippen molar-refractivity contribution in [1.82, 2.24) is 9.88 Å². The first-order valence-electron chi connectivity index (χ1n) is 9.25. The van der Waals surface area contributed by atoms with Gasteiger partial charge in [0.1, 0.15) is 0 Å². The molecular weight excluding hydrogens is 332 g/mol. The highest BCUT2D eigenvalue weighted by Crippen LogP contribution is 2.43. The summed E-state index contributed by atoms with van der Waals surface area (Å²) in [6, 6.07) is 26.5. The Morgan fingerprint density at radius 2 is 1.59 bits per heavy atom. The van der Waals surface area contributed by atoms with Crippen molar-refractivity contribution in [2.24, 2.45) is 0 Å². The van der Waals surface area contributed by atoms with Crippen LogP contribution in [0.4, 0.5) is 0 Å². The Balaban J connectivity index is 1.71. The normalized spacial score (nSPS) is 16.1. The van der Waals surface area contributed by atoms with Crippen LogP contribution in [0.5, 0.6) is 0 Å². The Hall–Kier alpha value is -3.33. The molecule has 4 aromatic rings. The predicted molar refractivity (Wildman–Crippen MR) is 108 cm³/mol. The summed E-state index contributed by atoms with van der Waals surface area (Å²) in [5, 5.41) is 1.18. The molecule has 0 saturated carbocycles. The molecule has 0 aliphatic carbocycles. The lowest BCUT2D eigenvalue weighted by molar-refractivity contribution is 0.0736. The van der Waals surface area contributed by atoms with Gasteiger partial charge >= 0.3 is 0 Å². The summed E-state index contributed by atoms with van der Waals surface area (Å²) in [5.41, 5.74) is 6.46. The van der Waals surface area contributed by atoms with Crippen LogP contribution in [-0.4, -0.2) is 15.8 Å². The van der Waals surface area contributed by atoms with E-state index < -0.39 is 0 Å². The number of hydrogen-bond acceptors (Lipinski definition) is 1. The molecule has 2 heterocycles. The standard InChI is InChI=1S/C24H20N2O/c1-16-22(20-13-7-8-14-21(20)25-16)23-18-11-5-6-12-19(18)24(27)26(23)15-17-9-3-2-4-10-17/h2-14,23,25H,15H2,1H3/t23-/m1/s1. The molecule has 1 atom stereocenters. The number of nitrogens with one attached hydrogen (secondary N) is 1. The number of benzene rings is 3. The minimum Gasteiger partial charge on any atom is -0.358 e. The summed E-state index contributed by atoms with van der Waals surface area (Å²) in [6.07, 6.45) is 0. The van der Waals surface area contributed by atoms with Crippen molar-refractivity contribution >= 4 is 16.8 Å². The van der Waals surface area contributed by atoms with Crippen LogP contribution >= 0.6 is 0 Å². The third-order valence-corrected chi connectivity index (χ3v) is 5.47. The number of aromatic nitrogens is 1. The van der Waals surface area contributed by atoms with Gasteiger partial charge in [0, 0.05) is 34.3 Å². The fraction of sp³-hybridized carbons (Fsp3) is 0.125. The summed E-state index contributed by atoms with van der Waals surface area (Å²) in [6.45, 7) is 2.69. The van der Waals surface area contributed by atoms with E-state index in [2.05, 4.69) is 48.3 Å². The Bertz CT molecular complexity index is 1140. The van der Waals surface area contributed by atoms with Gasteiger partial charge in [-0.1, -0.05) is 66.7 Å². The van der Waals surface area contributed by atoms with Crippen molar-refractivity contribution in [2.45, 2.75) is 19.5 Å².